The third-order valence-electron chi connectivity index (χ3n) is 5.70. The van der Waals surface area contributed by atoms with Gasteiger partial charge in [0.1, 0.15) is 5.82 Å². The van der Waals surface area contributed by atoms with E-state index in [2.05, 4.69) is 39.1 Å². The quantitative estimate of drug-likeness (QED) is 0.563. The molecule has 1 N–H and O–H groups in total. The van der Waals surface area contributed by atoms with Gasteiger partial charge in [-0.2, -0.15) is 0 Å². The number of carbonyl (C=O) groups excluding carboxylic acids is 1. The molecule has 0 unspecified atom stereocenters. The summed E-state index contributed by atoms with van der Waals surface area (Å²) in [5, 5.41) is 0. The fourth-order valence-electron chi connectivity index (χ4n) is 3.99. The van der Waals surface area contributed by atoms with Crippen LogP contribution in [0.1, 0.15) is 15.9 Å². The molecular formula is C25H24N4O. The summed E-state index contributed by atoms with van der Waals surface area (Å²) in [7, 11) is 0. The highest BCUT2D eigenvalue weighted by Crippen LogP contribution is 2.21. The molecule has 5 rings (SSSR count). The molecule has 30 heavy (non-hydrogen) atoms. The molecule has 5 heteroatoms. The Morgan fingerprint density at radius 1 is 0.833 bits per heavy atom. The van der Waals surface area contributed by atoms with Crippen LogP contribution in [0.3, 0.4) is 0 Å². The number of nitrogens with zero attached hydrogens (tertiary/aromatic N) is 3. The van der Waals surface area contributed by atoms with Gasteiger partial charge in [-0.25, -0.2) is 4.98 Å². The first-order valence-electron chi connectivity index (χ1n) is 10.4. The van der Waals surface area contributed by atoms with Crippen LogP contribution in [-0.2, 0) is 6.54 Å². The van der Waals surface area contributed by atoms with Crippen LogP contribution in [-0.4, -0.2) is 51.9 Å². The molecule has 0 atom stereocenters. The molecule has 1 aliphatic heterocycles. The average molecular weight is 396 g/mol. The van der Waals surface area contributed by atoms with E-state index < -0.39 is 0 Å². The number of nitrogens with one attached hydrogen (secondary N) is 1. The normalized spacial score (nSPS) is 14.9. The third kappa shape index (κ3) is 3.84. The number of fused-ring (bicyclic) bond motifs is 1. The van der Waals surface area contributed by atoms with Crippen molar-refractivity contribution >= 4 is 16.9 Å². The summed E-state index contributed by atoms with van der Waals surface area (Å²) < 4.78 is 0. The maximum absolute atomic E-state index is 12.9. The van der Waals surface area contributed by atoms with E-state index in [9.17, 15) is 4.79 Å². The molecule has 1 amide bonds. The van der Waals surface area contributed by atoms with Gasteiger partial charge >= 0.3 is 0 Å². The van der Waals surface area contributed by atoms with Crippen LogP contribution >= 0.6 is 0 Å². The first kappa shape index (κ1) is 18.6. The van der Waals surface area contributed by atoms with Crippen molar-refractivity contribution in [3.8, 4) is 11.4 Å². The number of rotatable bonds is 4. The molecule has 4 aromatic rings. The summed E-state index contributed by atoms with van der Waals surface area (Å²) in [6.45, 7) is 4.26. The molecule has 1 aromatic heterocycles. The van der Waals surface area contributed by atoms with Crippen LogP contribution in [0.2, 0.25) is 0 Å². The Morgan fingerprint density at radius 3 is 2.27 bits per heavy atom. The average Bonchev–Trinajstić information content (AvgIpc) is 3.24. The van der Waals surface area contributed by atoms with Gasteiger partial charge in [-0.3, -0.25) is 9.69 Å². The SMILES string of the molecule is O=C(c1ccc(-c2nc3ccccc3[nH]2)cc1)N1CCN(Cc2ccccc2)CC1. The second-order valence-electron chi connectivity index (χ2n) is 7.73. The van der Waals surface area contributed by atoms with E-state index in [1.807, 2.05) is 59.5 Å². The number of para-hydroxylation sites is 2. The zero-order valence-corrected chi connectivity index (χ0v) is 16.8. The minimum Gasteiger partial charge on any atom is -0.338 e. The molecule has 0 spiro atoms. The second kappa shape index (κ2) is 8.13. The van der Waals surface area contributed by atoms with Gasteiger partial charge in [0.2, 0.25) is 0 Å². The highest BCUT2D eigenvalue weighted by molar-refractivity contribution is 5.94. The Kier molecular flexibility index (Phi) is 5.03. The van der Waals surface area contributed by atoms with Crippen LogP contribution in [0, 0.1) is 0 Å². The number of aromatic nitrogens is 2. The van der Waals surface area contributed by atoms with Crippen LogP contribution in [0.15, 0.2) is 78.9 Å². The van der Waals surface area contributed by atoms with E-state index >= 15 is 0 Å². The number of carbonyl (C=O) groups is 1. The molecule has 2 heterocycles. The summed E-state index contributed by atoms with van der Waals surface area (Å²) in [6.07, 6.45) is 0. The fraction of sp³-hybridized carbons (Fsp3) is 0.200. The Balaban J connectivity index is 1.22. The second-order valence-corrected chi connectivity index (χ2v) is 7.73. The van der Waals surface area contributed by atoms with Gasteiger partial charge in [-0.1, -0.05) is 54.6 Å². The van der Waals surface area contributed by atoms with Crippen molar-refractivity contribution in [3.05, 3.63) is 90.0 Å². The molecule has 0 bridgehead atoms. The van der Waals surface area contributed by atoms with Crippen molar-refractivity contribution in [3.63, 3.8) is 0 Å². The van der Waals surface area contributed by atoms with E-state index in [1.165, 1.54) is 5.56 Å². The highest BCUT2D eigenvalue weighted by atomic mass is 16.2. The number of hydrogen-bond acceptors (Lipinski definition) is 3. The predicted molar refractivity (Wildman–Crippen MR) is 119 cm³/mol. The Hall–Kier alpha value is -3.44. The summed E-state index contributed by atoms with van der Waals surface area (Å²) in [6, 6.07) is 26.2. The van der Waals surface area contributed by atoms with E-state index in [1.54, 1.807) is 0 Å². The number of piperazine rings is 1. The van der Waals surface area contributed by atoms with E-state index in [-0.39, 0.29) is 5.91 Å². The van der Waals surface area contributed by atoms with Gasteiger partial charge in [-0.15, -0.1) is 0 Å². The van der Waals surface area contributed by atoms with Crippen molar-refractivity contribution < 1.29 is 4.79 Å². The summed E-state index contributed by atoms with van der Waals surface area (Å²) in [4.78, 5) is 25.3. The van der Waals surface area contributed by atoms with E-state index in [0.717, 1.165) is 60.7 Å². The minimum atomic E-state index is 0.102. The molecule has 1 aliphatic rings. The predicted octanol–water partition coefficient (Wildman–Crippen LogP) is 4.19. The minimum absolute atomic E-state index is 0.102. The lowest BCUT2D eigenvalue weighted by Crippen LogP contribution is -2.48. The van der Waals surface area contributed by atoms with Gasteiger partial charge < -0.3 is 9.88 Å². The maximum atomic E-state index is 12.9. The first-order chi connectivity index (χ1) is 14.8. The maximum Gasteiger partial charge on any atom is 0.253 e. The van der Waals surface area contributed by atoms with Crippen molar-refractivity contribution in [2.45, 2.75) is 6.54 Å². The van der Waals surface area contributed by atoms with Crippen LogP contribution in [0.25, 0.3) is 22.4 Å². The molecule has 1 fully saturated rings. The van der Waals surface area contributed by atoms with Crippen LogP contribution in [0.4, 0.5) is 0 Å². The fourth-order valence-corrected chi connectivity index (χ4v) is 3.99. The zero-order chi connectivity index (χ0) is 20.3. The molecular weight excluding hydrogens is 372 g/mol. The number of imidazole rings is 1. The summed E-state index contributed by atoms with van der Waals surface area (Å²) in [5.74, 6) is 0.926. The Labute approximate surface area is 176 Å². The zero-order valence-electron chi connectivity index (χ0n) is 16.8. The molecule has 0 radical (unpaired) electrons. The topological polar surface area (TPSA) is 52.2 Å². The van der Waals surface area contributed by atoms with Gasteiger partial charge in [0, 0.05) is 43.9 Å². The highest BCUT2D eigenvalue weighted by Gasteiger charge is 2.22. The third-order valence-corrected chi connectivity index (χ3v) is 5.70. The van der Waals surface area contributed by atoms with E-state index in [4.69, 9.17) is 0 Å². The summed E-state index contributed by atoms with van der Waals surface area (Å²) in [5.41, 5.74) is 4.99. The number of hydrogen-bond donors (Lipinski definition) is 1. The van der Waals surface area contributed by atoms with Crippen molar-refractivity contribution in [2.24, 2.45) is 0 Å². The molecule has 5 nitrogen and oxygen atoms in total. The molecule has 0 aliphatic carbocycles. The van der Waals surface area contributed by atoms with Gasteiger partial charge in [0.15, 0.2) is 0 Å². The lowest BCUT2D eigenvalue weighted by atomic mass is 10.1. The first-order valence-corrected chi connectivity index (χ1v) is 10.4. The largest absolute Gasteiger partial charge is 0.338 e. The number of amides is 1. The Morgan fingerprint density at radius 2 is 1.53 bits per heavy atom. The van der Waals surface area contributed by atoms with Crippen molar-refractivity contribution in [1.29, 1.82) is 0 Å². The molecule has 3 aromatic carbocycles. The smallest absolute Gasteiger partial charge is 0.253 e. The van der Waals surface area contributed by atoms with Gasteiger partial charge in [-0.05, 0) is 29.8 Å². The van der Waals surface area contributed by atoms with Crippen LogP contribution in [0.5, 0.6) is 0 Å². The molecule has 150 valence electrons. The van der Waals surface area contributed by atoms with E-state index in [0.29, 0.717) is 0 Å². The van der Waals surface area contributed by atoms with Gasteiger partial charge in [0.25, 0.3) is 5.91 Å². The van der Waals surface area contributed by atoms with Crippen molar-refractivity contribution in [1.82, 2.24) is 19.8 Å². The monoisotopic (exact) mass is 396 g/mol. The molecule has 0 saturated carbocycles. The van der Waals surface area contributed by atoms with Gasteiger partial charge in [0.05, 0.1) is 11.0 Å². The summed E-state index contributed by atoms with van der Waals surface area (Å²) >= 11 is 0. The number of benzene rings is 3. The lowest BCUT2D eigenvalue weighted by Gasteiger charge is -2.34. The Bertz CT molecular complexity index is 1110. The lowest BCUT2D eigenvalue weighted by molar-refractivity contribution is 0.0628. The number of H-pyrrole nitrogens is 1. The van der Waals surface area contributed by atoms with Crippen molar-refractivity contribution in [2.75, 3.05) is 26.2 Å². The molecule has 1 saturated heterocycles. The van der Waals surface area contributed by atoms with Crippen LogP contribution < -0.4 is 0 Å². The standard InChI is InChI=1S/C25H24N4O/c30-25(29-16-14-28(15-17-29)18-19-6-2-1-3-7-19)21-12-10-20(11-13-21)24-26-22-8-4-5-9-23(22)27-24/h1-13H,14-18H2,(H,26,27). The number of aromatic amines is 1.